The molecule has 0 aliphatic carbocycles. The maximum atomic E-state index is 12.3. The zero-order valence-electron chi connectivity index (χ0n) is 22.4. The molecule has 3 aromatic carbocycles. The molecule has 0 aromatic heterocycles. The number of benzene rings is 3. The molecule has 0 spiro atoms. The molecule has 39 heavy (non-hydrogen) atoms. The van der Waals surface area contributed by atoms with Gasteiger partial charge in [0.05, 0.1) is 20.4 Å². The predicted molar refractivity (Wildman–Crippen MR) is 148 cm³/mol. The molecule has 3 amide bonds. The number of anilines is 1. The van der Waals surface area contributed by atoms with Gasteiger partial charge in [0.15, 0.2) is 18.1 Å². The number of nitrogens with zero attached hydrogens (tertiary/aromatic N) is 1. The molecule has 0 heterocycles. The van der Waals surface area contributed by atoms with Gasteiger partial charge in [-0.25, -0.2) is 5.43 Å². The third-order valence-corrected chi connectivity index (χ3v) is 5.63. The third kappa shape index (κ3) is 8.89. The quantitative estimate of drug-likeness (QED) is 0.198. The molecule has 0 saturated carbocycles. The number of rotatable bonds is 11. The largest absolute Gasteiger partial charge is 0.493 e. The molecule has 0 bridgehead atoms. The highest BCUT2D eigenvalue weighted by Gasteiger charge is 2.12. The maximum Gasteiger partial charge on any atom is 0.329 e. The predicted octanol–water partition coefficient (Wildman–Crippen LogP) is 3.15. The summed E-state index contributed by atoms with van der Waals surface area (Å²) in [6.07, 6.45) is 1.87. The highest BCUT2D eigenvalue weighted by Crippen LogP contribution is 2.27. The van der Waals surface area contributed by atoms with Crippen LogP contribution in [0.5, 0.6) is 17.2 Å². The van der Waals surface area contributed by atoms with Crippen LogP contribution in [0.1, 0.15) is 22.3 Å². The highest BCUT2D eigenvalue weighted by atomic mass is 16.5. The van der Waals surface area contributed by atoms with Crippen LogP contribution in [-0.2, 0) is 20.8 Å². The fourth-order valence-electron chi connectivity index (χ4n) is 3.54. The molecule has 3 rings (SSSR count). The van der Waals surface area contributed by atoms with Gasteiger partial charge in [-0.1, -0.05) is 30.3 Å². The molecule has 3 aromatic rings. The summed E-state index contributed by atoms with van der Waals surface area (Å²) in [4.78, 5) is 36.4. The summed E-state index contributed by atoms with van der Waals surface area (Å²) in [5, 5.41) is 9.22. The third-order valence-electron chi connectivity index (χ3n) is 5.63. The van der Waals surface area contributed by atoms with E-state index < -0.39 is 11.8 Å². The molecule has 0 unspecified atom stereocenters. The van der Waals surface area contributed by atoms with Crippen molar-refractivity contribution in [2.45, 2.75) is 20.3 Å². The highest BCUT2D eigenvalue weighted by molar-refractivity contribution is 6.35. The summed E-state index contributed by atoms with van der Waals surface area (Å²) in [6, 6.07) is 18.1. The molecular formula is C29H32N4O6. The minimum atomic E-state index is -0.894. The van der Waals surface area contributed by atoms with Crippen LogP contribution in [0.25, 0.3) is 0 Å². The Morgan fingerprint density at radius 2 is 1.69 bits per heavy atom. The van der Waals surface area contributed by atoms with Crippen LogP contribution in [0.15, 0.2) is 65.8 Å². The molecule has 10 nitrogen and oxygen atoms in total. The number of ether oxygens (including phenoxy) is 3. The van der Waals surface area contributed by atoms with Gasteiger partial charge < -0.3 is 24.8 Å². The van der Waals surface area contributed by atoms with Crippen molar-refractivity contribution in [2.24, 2.45) is 5.10 Å². The Hall–Kier alpha value is -4.86. The number of hydrogen-bond acceptors (Lipinski definition) is 7. The lowest BCUT2D eigenvalue weighted by molar-refractivity contribution is -0.139. The van der Waals surface area contributed by atoms with Gasteiger partial charge in [0, 0.05) is 12.2 Å². The molecule has 10 heteroatoms. The fourth-order valence-corrected chi connectivity index (χ4v) is 3.54. The second-order valence-corrected chi connectivity index (χ2v) is 8.62. The average Bonchev–Trinajstić information content (AvgIpc) is 2.93. The first kappa shape index (κ1) is 28.7. The van der Waals surface area contributed by atoms with E-state index in [4.69, 9.17) is 14.2 Å². The lowest BCUT2D eigenvalue weighted by Gasteiger charge is -2.10. The Bertz CT molecular complexity index is 1360. The van der Waals surface area contributed by atoms with Crippen LogP contribution < -0.4 is 30.3 Å². The topological polar surface area (TPSA) is 127 Å². The van der Waals surface area contributed by atoms with E-state index in [9.17, 15) is 14.4 Å². The number of hydrogen-bond donors (Lipinski definition) is 3. The van der Waals surface area contributed by atoms with Crippen molar-refractivity contribution < 1.29 is 28.6 Å². The molecule has 0 radical (unpaired) electrons. The van der Waals surface area contributed by atoms with E-state index in [1.54, 1.807) is 44.6 Å². The Labute approximate surface area is 227 Å². The smallest absolute Gasteiger partial charge is 0.329 e. The van der Waals surface area contributed by atoms with E-state index in [0.29, 0.717) is 29.2 Å². The zero-order chi connectivity index (χ0) is 28.2. The minimum absolute atomic E-state index is 0.172. The average molecular weight is 533 g/mol. The molecule has 0 saturated heterocycles. The van der Waals surface area contributed by atoms with Crippen molar-refractivity contribution in [2.75, 3.05) is 32.7 Å². The summed E-state index contributed by atoms with van der Waals surface area (Å²) in [6.45, 7) is 3.95. The number of carbonyl (C=O) groups is 3. The van der Waals surface area contributed by atoms with Gasteiger partial charge in [-0.3, -0.25) is 14.4 Å². The molecule has 3 N–H and O–H groups in total. The molecule has 0 atom stereocenters. The van der Waals surface area contributed by atoms with Gasteiger partial charge in [-0.05, 0) is 72.9 Å². The first-order chi connectivity index (χ1) is 18.8. The van der Waals surface area contributed by atoms with Gasteiger partial charge in [0.25, 0.3) is 5.91 Å². The van der Waals surface area contributed by atoms with Gasteiger partial charge in [-0.2, -0.15) is 5.10 Å². The van der Waals surface area contributed by atoms with Crippen LogP contribution in [0.2, 0.25) is 0 Å². The monoisotopic (exact) mass is 532 g/mol. The lowest BCUT2D eigenvalue weighted by Crippen LogP contribution is -2.38. The number of hydrazone groups is 1. The van der Waals surface area contributed by atoms with Gasteiger partial charge in [0.2, 0.25) is 0 Å². The second-order valence-electron chi connectivity index (χ2n) is 8.62. The van der Waals surface area contributed by atoms with Crippen molar-refractivity contribution in [3.63, 3.8) is 0 Å². The van der Waals surface area contributed by atoms with Gasteiger partial charge in [-0.15, -0.1) is 0 Å². The second kappa shape index (κ2) is 14.2. The van der Waals surface area contributed by atoms with Crippen LogP contribution >= 0.6 is 0 Å². The summed E-state index contributed by atoms with van der Waals surface area (Å²) >= 11 is 0. The van der Waals surface area contributed by atoms with E-state index in [1.807, 2.05) is 44.2 Å². The first-order valence-electron chi connectivity index (χ1n) is 12.2. The standard InChI is InChI=1S/C29H32N4O6/c1-19-8-9-20(2)24(14-19)32-27(34)18-39-23-7-5-6-22(15-23)17-31-33-29(36)28(35)30-13-12-21-10-11-25(37-3)26(16-21)38-4/h5-11,14-17H,12-13,18H2,1-4H3,(H,30,35)(H,32,34)(H,33,36)/b31-17-. The molecule has 0 aliphatic rings. The summed E-state index contributed by atoms with van der Waals surface area (Å²) in [5.41, 5.74) is 6.46. The Morgan fingerprint density at radius 1 is 0.897 bits per heavy atom. The number of aryl methyl sites for hydroxylation is 2. The first-order valence-corrected chi connectivity index (χ1v) is 12.2. The van der Waals surface area contributed by atoms with Crippen LogP contribution in [0.4, 0.5) is 5.69 Å². The molecule has 0 fully saturated rings. The number of amides is 3. The van der Waals surface area contributed by atoms with E-state index >= 15 is 0 Å². The Kier molecular flexibility index (Phi) is 10.4. The normalized spacial score (nSPS) is 10.6. The van der Waals surface area contributed by atoms with Gasteiger partial charge >= 0.3 is 11.8 Å². The Balaban J connectivity index is 1.43. The van der Waals surface area contributed by atoms with Crippen molar-refractivity contribution in [1.82, 2.24) is 10.7 Å². The van der Waals surface area contributed by atoms with Crippen molar-refractivity contribution in [1.29, 1.82) is 0 Å². The summed E-state index contributed by atoms with van der Waals surface area (Å²) in [5.74, 6) is -0.336. The van der Waals surface area contributed by atoms with Crippen LogP contribution in [0, 0.1) is 13.8 Å². The van der Waals surface area contributed by atoms with E-state index in [2.05, 4.69) is 21.2 Å². The van der Waals surface area contributed by atoms with Crippen molar-refractivity contribution in [3.8, 4) is 17.2 Å². The van der Waals surface area contributed by atoms with E-state index in [-0.39, 0.29) is 19.1 Å². The Morgan fingerprint density at radius 3 is 2.46 bits per heavy atom. The molecule has 0 aliphatic heterocycles. The summed E-state index contributed by atoms with van der Waals surface area (Å²) in [7, 11) is 3.10. The minimum Gasteiger partial charge on any atom is -0.493 e. The molecule has 204 valence electrons. The van der Waals surface area contributed by atoms with Gasteiger partial charge in [0.1, 0.15) is 5.75 Å². The SMILES string of the molecule is COc1ccc(CCNC(=O)C(=O)N/N=C\c2cccc(OCC(=O)Nc3cc(C)ccc3C)c2)cc1OC. The molecular weight excluding hydrogens is 500 g/mol. The van der Waals surface area contributed by atoms with E-state index in [0.717, 1.165) is 22.4 Å². The van der Waals surface area contributed by atoms with E-state index in [1.165, 1.54) is 6.21 Å². The van der Waals surface area contributed by atoms with Crippen molar-refractivity contribution in [3.05, 3.63) is 82.9 Å². The number of carbonyl (C=O) groups excluding carboxylic acids is 3. The lowest BCUT2D eigenvalue weighted by atomic mass is 10.1. The number of nitrogens with one attached hydrogen (secondary N) is 3. The van der Waals surface area contributed by atoms with Crippen molar-refractivity contribution >= 4 is 29.6 Å². The summed E-state index contributed by atoms with van der Waals surface area (Å²) < 4.78 is 16.1. The number of methoxy groups -OCH3 is 2. The fraction of sp³-hybridized carbons (Fsp3) is 0.241. The van der Waals surface area contributed by atoms with Crippen LogP contribution in [-0.4, -0.2) is 51.3 Å². The van der Waals surface area contributed by atoms with Crippen LogP contribution in [0.3, 0.4) is 0 Å². The maximum absolute atomic E-state index is 12.3. The zero-order valence-corrected chi connectivity index (χ0v) is 22.4.